The summed E-state index contributed by atoms with van der Waals surface area (Å²) in [7, 11) is 0. The summed E-state index contributed by atoms with van der Waals surface area (Å²) in [5.74, 6) is 0.406. The highest BCUT2D eigenvalue weighted by molar-refractivity contribution is 5.83. The molecule has 1 N–H and O–H groups in total. The summed E-state index contributed by atoms with van der Waals surface area (Å²) in [5.41, 5.74) is 3.48. The van der Waals surface area contributed by atoms with Crippen LogP contribution in [-0.4, -0.2) is 47.1 Å². The molecule has 1 unspecified atom stereocenters. The predicted molar refractivity (Wildman–Crippen MR) is 100.0 cm³/mol. The van der Waals surface area contributed by atoms with Gasteiger partial charge in [0.25, 0.3) is 0 Å². The third kappa shape index (κ3) is 3.84. The summed E-state index contributed by atoms with van der Waals surface area (Å²) in [4.78, 5) is 23.8. The summed E-state index contributed by atoms with van der Waals surface area (Å²) in [6, 6.07) is 9.17. The molecule has 3 heterocycles. The number of aromatic nitrogens is 2. The van der Waals surface area contributed by atoms with Crippen molar-refractivity contribution in [3.05, 3.63) is 59.7 Å². The number of fused-ring (bicyclic) bond motifs is 1. The first-order valence-electron chi connectivity index (χ1n) is 9.07. The van der Waals surface area contributed by atoms with E-state index in [1.807, 2.05) is 37.3 Å². The Balaban J connectivity index is 1.51. The molecule has 1 amide bonds. The maximum Gasteiger partial charge on any atom is 0.242 e. The van der Waals surface area contributed by atoms with E-state index < -0.39 is 6.04 Å². The highest BCUT2D eigenvalue weighted by Gasteiger charge is 2.29. The molecule has 1 aliphatic heterocycles. The summed E-state index contributed by atoms with van der Waals surface area (Å²) in [6.45, 7) is 4.88. The zero-order valence-electron chi connectivity index (χ0n) is 15.2. The molecular weight excluding hydrogens is 344 g/mol. The number of hydrogen-bond acceptors (Lipinski definition) is 6. The van der Waals surface area contributed by atoms with Gasteiger partial charge in [-0.1, -0.05) is 18.2 Å². The third-order valence-corrected chi connectivity index (χ3v) is 4.74. The molecule has 0 aliphatic carbocycles. The number of para-hydroxylation sites is 1. The highest BCUT2D eigenvalue weighted by atomic mass is 16.5. The van der Waals surface area contributed by atoms with Crippen molar-refractivity contribution < 1.29 is 13.9 Å². The van der Waals surface area contributed by atoms with E-state index in [-0.39, 0.29) is 12.5 Å². The molecule has 1 atom stereocenters. The second kappa shape index (κ2) is 7.85. The largest absolute Gasteiger partial charge is 0.439 e. The molecular formula is C20H22N4O3. The van der Waals surface area contributed by atoms with Gasteiger partial charge >= 0.3 is 0 Å². The molecule has 4 rings (SSSR count). The van der Waals surface area contributed by atoms with E-state index >= 15 is 0 Å². The molecule has 0 radical (unpaired) electrons. The number of nitrogens with one attached hydrogen (secondary N) is 1. The minimum Gasteiger partial charge on any atom is -0.439 e. The van der Waals surface area contributed by atoms with Crippen LogP contribution in [0.2, 0.25) is 0 Å². The van der Waals surface area contributed by atoms with E-state index in [1.165, 1.54) is 0 Å². The van der Waals surface area contributed by atoms with Crippen LogP contribution in [0.15, 0.2) is 47.1 Å². The van der Waals surface area contributed by atoms with Crippen molar-refractivity contribution in [1.82, 2.24) is 20.2 Å². The Bertz CT molecular complexity index is 919. The topological polar surface area (TPSA) is 80.5 Å². The van der Waals surface area contributed by atoms with Gasteiger partial charge in [0.15, 0.2) is 5.58 Å². The quantitative estimate of drug-likeness (QED) is 0.746. The summed E-state index contributed by atoms with van der Waals surface area (Å²) in [6.07, 6.45) is 3.45. The molecule has 1 aromatic carbocycles. The van der Waals surface area contributed by atoms with Crippen molar-refractivity contribution in [3.63, 3.8) is 0 Å². The molecule has 0 spiro atoms. The van der Waals surface area contributed by atoms with Gasteiger partial charge in [-0.25, -0.2) is 4.98 Å². The number of rotatable bonds is 5. The molecule has 0 saturated carbocycles. The molecule has 1 aliphatic rings. The van der Waals surface area contributed by atoms with Crippen LogP contribution in [0.1, 0.15) is 23.1 Å². The third-order valence-electron chi connectivity index (χ3n) is 4.74. The molecule has 7 nitrogen and oxygen atoms in total. The average Bonchev–Trinajstić information content (AvgIpc) is 3.13. The van der Waals surface area contributed by atoms with Gasteiger partial charge < -0.3 is 14.5 Å². The van der Waals surface area contributed by atoms with Crippen molar-refractivity contribution in [2.75, 3.05) is 26.3 Å². The SMILES string of the molecule is Cc1cccc2oc(CNC(=O)C(c3cccnc3)N3CCOCC3)nc12. The van der Waals surface area contributed by atoms with Gasteiger partial charge in [-0.05, 0) is 30.2 Å². The number of carbonyl (C=O) groups excluding carboxylic acids is 1. The number of morpholine rings is 1. The van der Waals surface area contributed by atoms with Crippen LogP contribution in [0.25, 0.3) is 11.1 Å². The van der Waals surface area contributed by atoms with Gasteiger partial charge in [0, 0.05) is 25.5 Å². The summed E-state index contributed by atoms with van der Waals surface area (Å²) in [5, 5.41) is 2.97. The molecule has 140 valence electrons. The van der Waals surface area contributed by atoms with Crippen LogP contribution in [-0.2, 0) is 16.1 Å². The zero-order valence-corrected chi connectivity index (χ0v) is 15.2. The minimum atomic E-state index is -0.409. The maximum absolute atomic E-state index is 13.0. The Kier molecular flexibility index (Phi) is 5.13. The van der Waals surface area contributed by atoms with Crippen LogP contribution >= 0.6 is 0 Å². The Hall–Kier alpha value is -2.77. The van der Waals surface area contributed by atoms with E-state index in [1.54, 1.807) is 12.4 Å². The molecule has 7 heteroatoms. The molecule has 1 saturated heterocycles. The van der Waals surface area contributed by atoms with Gasteiger partial charge in [0.1, 0.15) is 11.6 Å². The number of benzene rings is 1. The molecule has 3 aromatic rings. The lowest BCUT2D eigenvalue weighted by Crippen LogP contribution is -2.45. The number of carbonyl (C=O) groups is 1. The fourth-order valence-electron chi connectivity index (χ4n) is 3.37. The monoisotopic (exact) mass is 366 g/mol. The Morgan fingerprint density at radius 2 is 2.11 bits per heavy atom. The normalized spacial score (nSPS) is 16.3. The summed E-state index contributed by atoms with van der Waals surface area (Å²) < 4.78 is 11.2. The fourth-order valence-corrected chi connectivity index (χ4v) is 3.37. The predicted octanol–water partition coefficient (Wildman–Crippen LogP) is 2.22. The van der Waals surface area contributed by atoms with E-state index in [2.05, 4.69) is 20.2 Å². The van der Waals surface area contributed by atoms with Crippen LogP contribution in [0, 0.1) is 6.92 Å². The second-order valence-corrected chi connectivity index (χ2v) is 6.58. The van der Waals surface area contributed by atoms with Crippen molar-refractivity contribution in [1.29, 1.82) is 0 Å². The smallest absolute Gasteiger partial charge is 0.242 e. The number of ether oxygens (including phenoxy) is 1. The average molecular weight is 366 g/mol. The minimum absolute atomic E-state index is 0.0936. The molecule has 0 bridgehead atoms. The van der Waals surface area contributed by atoms with Gasteiger partial charge in [-0.2, -0.15) is 0 Å². The lowest BCUT2D eigenvalue weighted by molar-refractivity contribution is -0.128. The lowest BCUT2D eigenvalue weighted by Gasteiger charge is -2.33. The number of aryl methyl sites for hydroxylation is 1. The summed E-state index contributed by atoms with van der Waals surface area (Å²) >= 11 is 0. The zero-order chi connectivity index (χ0) is 18.6. The van der Waals surface area contributed by atoms with Gasteiger partial charge in [-0.15, -0.1) is 0 Å². The Morgan fingerprint density at radius 1 is 1.26 bits per heavy atom. The number of oxazole rings is 1. The molecule has 2 aromatic heterocycles. The van der Waals surface area contributed by atoms with Crippen LogP contribution in [0.4, 0.5) is 0 Å². The number of hydrogen-bond donors (Lipinski definition) is 1. The Labute approximate surface area is 157 Å². The van der Waals surface area contributed by atoms with Gasteiger partial charge in [0.2, 0.25) is 11.8 Å². The van der Waals surface area contributed by atoms with Crippen LogP contribution in [0.3, 0.4) is 0 Å². The number of amides is 1. The van der Waals surface area contributed by atoms with Crippen molar-refractivity contribution in [2.45, 2.75) is 19.5 Å². The Morgan fingerprint density at radius 3 is 2.85 bits per heavy atom. The van der Waals surface area contributed by atoms with E-state index in [0.717, 1.165) is 22.2 Å². The highest BCUT2D eigenvalue weighted by Crippen LogP contribution is 2.22. The van der Waals surface area contributed by atoms with E-state index in [9.17, 15) is 4.79 Å². The second-order valence-electron chi connectivity index (χ2n) is 6.58. The first-order chi connectivity index (χ1) is 13.2. The first kappa shape index (κ1) is 17.6. The van der Waals surface area contributed by atoms with Gasteiger partial charge in [-0.3, -0.25) is 14.7 Å². The van der Waals surface area contributed by atoms with Crippen molar-refractivity contribution >= 4 is 17.0 Å². The number of pyridine rings is 1. The van der Waals surface area contributed by atoms with E-state index in [0.29, 0.717) is 32.2 Å². The molecule has 27 heavy (non-hydrogen) atoms. The lowest BCUT2D eigenvalue weighted by atomic mass is 10.1. The van der Waals surface area contributed by atoms with Crippen molar-refractivity contribution in [2.24, 2.45) is 0 Å². The maximum atomic E-state index is 13.0. The fraction of sp³-hybridized carbons (Fsp3) is 0.350. The number of nitrogens with zero attached hydrogens (tertiary/aromatic N) is 3. The first-order valence-corrected chi connectivity index (χ1v) is 9.07. The van der Waals surface area contributed by atoms with Crippen LogP contribution in [0.5, 0.6) is 0 Å². The molecule has 1 fully saturated rings. The standard InChI is InChI=1S/C20H22N4O3/c1-14-4-2-6-16-18(14)23-17(27-16)13-22-20(25)19(15-5-3-7-21-12-15)24-8-10-26-11-9-24/h2-7,12,19H,8-11,13H2,1H3,(H,22,25). The van der Waals surface area contributed by atoms with E-state index in [4.69, 9.17) is 9.15 Å². The van der Waals surface area contributed by atoms with Gasteiger partial charge in [0.05, 0.1) is 19.8 Å². The van der Waals surface area contributed by atoms with Crippen LogP contribution < -0.4 is 5.32 Å². The van der Waals surface area contributed by atoms with Crippen molar-refractivity contribution in [3.8, 4) is 0 Å².